The van der Waals surface area contributed by atoms with Gasteiger partial charge in [-0.15, -0.1) is 0 Å². The predicted octanol–water partition coefficient (Wildman–Crippen LogP) is 3.98. The van der Waals surface area contributed by atoms with Gasteiger partial charge in [-0.3, -0.25) is 9.59 Å². The van der Waals surface area contributed by atoms with Gasteiger partial charge in [0.15, 0.2) is 0 Å². The van der Waals surface area contributed by atoms with Gasteiger partial charge < -0.3 is 14.5 Å². The third kappa shape index (κ3) is 4.62. The highest BCUT2D eigenvalue weighted by atomic mass is 16.5. The minimum absolute atomic E-state index is 0.0372. The molecule has 0 bridgehead atoms. The van der Waals surface area contributed by atoms with Crippen molar-refractivity contribution in [3.63, 3.8) is 0 Å². The van der Waals surface area contributed by atoms with Gasteiger partial charge in [0, 0.05) is 38.2 Å². The summed E-state index contributed by atoms with van der Waals surface area (Å²) in [7, 11) is 0. The van der Waals surface area contributed by atoms with Gasteiger partial charge in [0.25, 0.3) is 5.91 Å². The molecule has 0 aromatic heterocycles. The van der Waals surface area contributed by atoms with Crippen LogP contribution in [-0.2, 0) is 4.79 Å². The number of carbonyl (C=O) groups is 2. The molecule has 0 N–H and O–H groups in total. The summed E-state index contributed by atoms with van der Waals surface area (Å²) >= 11 is 0. The number of benzene rings is 3. The normalized spacial score (nSPS) is 14.0. The van der Waals surface area contributed by atoms with E-state index in [2.05, 4.69) is 0 Å². The van der Waals surface area contributed by atoms with Crippen LogP contribution in [-0.4, -0.2) is 54.4 Å². The second-order valence-corrected chi connectivity index (χ2v) is 7.46. The van der Waals surface area contributed by atoms with E-state index in [0.29, 0.717) is 45.6 Å². The van der Waals surface area contributed by atoms with Crippen LogP contribution in [0.5, 0.6) is 5.75 Å². The SMILES string of the molecule is O=C(CCCOc1ccccc1)N1CCN(C(=O)c2cccc3ccccc23)CC1. The number of para-hydroxylation sites is 1. The molecular weight excluding hydrogens is 376 g/mol. The van der Waals surface area contributed by atoms with Gasteiger partial charge in [0.2, 0.25) is 5.91 Å². The van der Waals surface area contributed by atoms with Crippen LogP contribution in [0.4, 0.5) is 0 Å². The van der Waals surface area contributed by atoms with Gasteiger partial charge in [-0.1, -0.05) is 54.6 Å². The maximum Gasteiger partial charge on any atom is 0.254 e. The van der Waals surface area contributed by atoms with Crippen LogP contribution >= 0.6 is 0 Å². The van der Waals surface area contributed by atoms with Crippen molar-refractivity contribution >= 4 is 22.6 Å². The molecule has 1 aliphatic rings. The van der Waals surface area contributed by atoms with Gasteiger partial charge >= 0.3 is 0 Å². The maximum absolute atomic E-state index is 13.0. The summed E-state index contributed by atoms with van der Waals surface area (Å²) in [5, 5.41) is 2.04. The number of amides is 2. The molecular formula is C25H26N2O3. The summed E-state index contributed by atoms with van der Waals surface area (Å²) in [6, 6.07) is 23.4. The topological polar surface area (TPSA) is 49.9 Å². The number of fused-ring (bicyclic) bond motifs is 1. The van der Waals surface area contributed by atoms with Crippen LogP contribution in [0.15, 0.2) is 72.8 Å². The Balaban J connectivity index is 1.26. The van der Waals surface area contributed by atoms with Crippen LogP contribution in [0.1, 0.15) is 23.2 Å². The molecule has 3 aromatic carbocycles. The van der Waals surface area contributed by atoms with Crippen molar-refractivity contribution in [2.24, 2.45) is 0 Å². The fraction of sp³-hybridized carbons (Fsp3) is 0.280. The molecule has 2 amide bonds. The Morgan fingerprint density at radius 1 is 0.767 bits per heavy atom. The largest absolute Gasteiger partial charge is 0.494 e. The van der Waals surface area contributed by atoms with Crippen LogP contribution in [0.2, 0.25) is 0 Å². The smallest absolute Gasteiger partial charge is 0.254 e. The Morgan fingerprint density at radius 2 is 1.43 bits per heavy atom. The minimum atomic E-state index is 0.0372. The first-order valence-corrected chi connectivity index (χ1v) is 10.4. The average molecular weight is 402 g/mol. The zero-order valence-electron chi connectivity index (χ0n) is 17.0. The predicted molar refractivity (Wildman–Crippen MR) is 118 cm³/mol. The Labute approximate surface area is 176 Å². The fourth-order valence-corrected chi connectivity index (χ4v) is 3.83. The average Bonchev–Trinajstić information content (AvgIpc) is 2.81. The second kappa shape index (κ2) is 9.44. The van der Waals surface area contributed by atoms with Crippen molar-refractivity contribution in [2.75, 3.05) is 32.8 Å². The van der Waals surface area contributed by atoms with Crippen molar-refractivity contribution in [2.45, 2.75) is 12.8 Å². The van der Waals surface area contributed by atoms with Crippen LogP contribution in [0.25, 0.3) is 10.8 Å². The first kappa shape index (κ1) is 20.0. The Morgan fingerprint density at radius 3 is 2.23 bits per heavy atom. The molecule has 0 atom stereocenters. The highest BCUT2D eigenvalue weighted by Crippen LogP contribution is 2.21. The Kier molecular flexibility index (Phi) is 6.28. The second-order valence-electron chi connectivity index (χ2n) is 7.46. The highest BCUT2D eigenvalue weighted by Gasteiger charge is 2.25. The molecule has 4 rings (SSSR count). The van der Waals surface area contributed by atoms with Crippen LogP contribution in [0.3, 0.4) is 0 Å². The van der Waals surface area contributed by atoms with Gasteiger partial charge in [-0.2, -0.15) is 0 Å². The number of nitrogens with zero attached hydrogens (tertiary/aromatic N) is 2. The molecule has 1 fully saturated rings. The van der Waals surface area contributed by atoms with E-state index in [1.54, 1.807) is 0 Å². The lowest BCUT2D eigenvalue weighted by atomic mass is 10.0. The summed E-state index contributed by atoms with van der Waals surface area (Å²) in [4.78, 5) is 29.2. The van der Waals surface area contributed by atoms with Crippen molar-refractivity contribution < 1.29 is 14.3 Å². The highest BCUT2D eigenvalue weighted by molar-refractivity contribution is 6.07. The number of hydrogen-bond acceptors (Lipinski definition) is 3. The van der Waals surface area contributed by atoms with Crippen molar-refractivity contribution in [3.05, 3.63) is 78.4 Å². The fourth-order valence-electron chi connectivity index (χ4n) is 3.83. The molecule has 0 aliphatic carbocycles. The van der Waals surface area contributed by atoms with E-state index in [4.69, 9.17) is 4.74 Å². The molecule has 1 saturated heterocycles. The van der Waals surface area contributed by atoms with Gasteiger partial charge in [-0.25, -0.2) is 0 Å². The van der Waals surface area contributed by atoms with Gasteiger partial charge in [0.1, 0.15) is 5.75 Å². The molecule has 30 heavy (non-hydrogen) atoms. The third-order valence-electron chi connectivity index (χ3n) is 5.49. The van der Waals surface area contributed by atoms with Crippen molar-refractivity contribution in [3.8, 4) is 5.75 Å². The van der Waals surface area contributed by atoms with E-state index in [1.165, 1.54) is 0 Å². The van der Waals surface area contributed by atoms with E-state index < -0.39 is 0 Å². The zero-order chi connectivity index (χ0) is 20.8. The maximum atomic E-state index is 13.0. The quantitative estimate of drug-likeness (QED) is 0.586. The molecule has 0 unspecified atom stereocenters. The summed E-state index contributed by atoms with van der Waals surface area (Å²) in [5.41, 5.74) is 0.728. The van der Waals surface area contributed by atoms with Crippen molar-refractivity contribution in [1.82, 2.24) is 9.80 Å². The summed E-state index contributed by atoms with van der Waals surface area (Å²) in [6.45, 7) is 2.81. The van der Waals surface area contributed by atoms with Crippen LogP contribution < -0.4 is 4.74 Å². The number of carbonyl (C=O) groups excluding carboxylic acids is 2. The molecule has 3 aromatic rings. The Hall–Kier alpha value is -3.34. The lowest BCUT2D eigenvalue weighted by molar-refractivity contribution is -0.132. The summed E-state index contributed by atoms with van der Waals surface area (Å²) in [6.07, 6.45) is 1.15. The Bertz CT molecular complexity index is 1010. The number of piperazine rings is 1. The zero-order valence-corrected chi connectivity index (χ0v) is 17.0. The van der Waals surface area contributed by atoms with E-state index in [9.17, 15) is 9.59 Å². The molecule has 5 nitrogen and oxygen atoms in total. The molecule has 154 valence electrons. The lowest BCUT2D eigenvalue weighted by Crippen LogP contribution is -2.50. The molecule has 1 heterocycles. The monoisotopic (exact) mass is 402 g/mol. The van der Waals surface area contributed by atoms with E-state index in [0.717, 1.165) is 22.1 Å². The first-order valence-electron chi connectivity index (χ1n) is 10.4. The molecule has 0 radical (unpaired) electrons. The summed E-state index contributed by atoms with van der Waals surface area (Å²) < 4.78 is 5.65. The summed E-state index contributed by atoms with van der Waals surface area (Å²) in [5.74, 6) is 0.990. The van der Waals surface area contributed by atoms with Gasteiger partial charge in [0.05, 0.1) is 6.61 Å². The number of ether oxygens (including phenoxy) is 1. The molecule has 5 heteroatoms. The van der Waals surface area contributed by atoms with E-state index >= 15 is 0 Å². The lowest BCUT2D eigenvalue weighted by Gasteiger charge is -2.35. The number of hydrogen-bond donors (Lipinski definition) is 0. The van der Waals surface area contributed by atoms with Crippen molar-refractivity contribution in [1.29, 1.82) is 0 Å². The van der Waals surface area contributed by atoms with Crippen LogP contribution in [0, 0.1) is 0 Å². The van der Waals surface area contributed by atoms with E-state index in [1.807, 2.05) is 82.6 Å². The first-order chi connectivity index (χ1) is 14.7. The van der Waals surface area contributed by atoms with E-state index in [-0.39, 0.29) is 11.8 Å². The molecule has 1 aliphatic heterocycles. The molecule has 0 saturated carbocycles. The minimum Gasteiger partial charge on any atom is -0.494 e. The molecule has 0 spiro atoms. The third-order valence-corrected chi connectivity index (χ3v) is 5.49. The number of rotatable bonds is 6. The van der Waals surface area contributed by atoms with Gasteiger partial charge in [-0.05, 0) is 35.4 Å². The standard InChI is InChI=1S/C25H26N2O3/c28-24(14-7-19-30-21-10-2-1-3-11-21)26-15-17-27(18-16-26)25(29)23-13-6-9-20-8-4-5-12-22(20)23/h1-6,8-13H,7,14-19H2.